The fourth-order valence-corrected chi connectivity index (χ4v) is 3.75. The number of benzene rings is 1. The predicted molar refractivity (Wildman–Crippen MR) is 83.6 cm³/mol. The van der Waals surface area contributed by atoms with Crippen LogP contribution < -0.4 is 10.5 Å². The van der Waals surface area contributed by atoms with Crippen LogP contribution in [0, 0.1) is 13.8 Å². The Labute approximate surface area is 123 Å². The summed E-state index contributed by atoms with van der Waals surface area (Å²) in [5.41, 5.74) is 1.44. The monoisotopic (exact) mass is 310 g/mol. The highest BCUT2D eigenvalue weighted by Crippen LogP contribution is 2.29. The molecule has 20 heavy (non-hydrogen) atoms. The average molecular weight is 310 g/mol. The summed E-state index contributed by atoms with van der Waals surface area (Å²) in [5.74, 6) is 0. The maximum absolute atomic E-state index is 11.5. The third-order valence-electron chi connectivity index (χ3n) is 3.15. The van der Waals surface area contributed by atoms with Crippen molar-refractivity contribution in [2.75, 3.05) is 5.32 Å². The van der Waals surface area contributed by atoms with Gasteiger partial charge in [-0.25, -0.2) is 13.6 Å². The second-order valence-electron chi connectivity index (χ2n) is 4.79. The Bertz CT molecular complexity index is 721. The molecule has 1 heterocycles. The fourth-order valence-electron chi connectivity index (χ4n) is 2.07. The molecule has 0 bridgehead atoms. The molecule has 0 radical (unpaired) electrons. The molecule has 0 saturated heterocycles. The van der Waals surface area contributed by atoms with Gasteiger partial charge in [-0.1, -0.05) is 6.07 Å². The molecule has 0 aliphatic carbocycles. The maximum Gasteiger partial charge on any atom is 0.238 e. The van der Waals surface area contributed by atoms with E-state index in [1.165, 1.54) is 15.8 Å². The van der Waals surface area contributed by atoms with E-state index in [0.29, 0.717) is 5.56 Å². The molecule has 1 atom stereocenters. The molecule has 0 spiro atoms. The number of aryl methyl sites for hydroxylation is 1. The molecule has 2 rings (SSSR count). The van der Waals surface area contributed by atoms with Crippen LogP contribution >= 0.6 is 11.3 Å². The number of rotatable bonds is 4. The fraction of sp³-hybridized carbons (Fsp3) is 0.286. The number of sulfonamides is 1. The van der Waals surface area contributed by atoms with Crippen LogP contribution in [-0.2, 0) is 10.0 Å². The molecule has 1 aromatic carbocycles. The highest BCUT2D eigenvalue weighted by atomic mass is 32.2. The Morgan fingerprint density at radius 3 is 2.45 bits per heavy atom. The Kier molecular flexibility index (Phi) is 4.17. The highest BCUT2D eigenvalue weighted by Gasteiger charge is 2.15. The minimum Gasteiger partial charge on any atom is -0.377 e. The second kappa shape index (κ2) is 5.55. The lowest BCUT2D eigenvalue weighted by atomic mass is 10.1. The minimum atomic E-state index is -3.69. The van der Waals surface area contributed by atoms with Crippen molar-refractivity contribution in [3.05, 3.63) is 45.6 Å². The van der Waals surface area contributed by atoms with Crippen LogP contribution in [0.4, 0.5) is 5.69 Å². The molecule has 108 valence electrons. The number of hydrogen-bond donors (Lipinski definition) is 2. The lowest BCUT2D eigenvalue weighted by molar-refractivity contribution is 0.597. The van der Waals surface area contributed by atoms with E-state index in [1.807, 2.05) is 13.0 Å². The van der Waals surface area contributed by atoms with Crippen molar-refractivity contribution in [3.63, 3.8) is 0 Å². The van der Waals surface area contributed by atoms with Crippen molar-refractivity contribution in [1.82, 2.24) is 0 Å². The average Bonchev–Trinajstić information content (AvgIpc) is 2.77. The van der Waals surface area contributed by atoms with E-state index < -0.39 is 10.0 Å². The van der Waals surface area contributed by atoms with Gasteiger partial charge in [0.15, 0.2) is 0 Å². The normalized spacial score (nSPS) is 13.2. The summed E-state index contributed by atoms with van der Waals surface area (Å²) in [4.78, 5) is 2.63. The van der Waals surface area contributed by atoms with Crippen LogP contribution in [0.25, 0.3) is 0 Å². The Balaban J connectivity index is 2.31. The number of hydrogen-bond acceptors (Lipinski definition) is 4. The molecular weight excluding hydrogens is 292 g/mol. The molecule has 0 saturated carbocycles. The van der Waals surface area contributed by atoms with Crippen LogP contribution in [0.1, 0.15) is 28.3 Å². The van der Waals surface area contributed by atoms with Gasteiger partial charge in [-0.2, -0.15) is 0 Å². The van der Waals surface area contributed by atoms with E-state index in [2.05, 4.69) is 24.4 Å². The molecule has 2 aromatic rings. The lowest BCUT2D eigenvalue weighted by Crippen LogP contribution is -2.15. The summed E-state index contributed by atoms with van der Waals surface area (Å²) < 4.78 is 23.0. The lowest BCUT2D eigenvalue weighted by Gasteiger charge is -2.17. The minimum absolute atomic E-state index is 0.114. The summed E-state index contributed by atoms with van der Waals surface area (Å²) in [6, 6.07) is 9.35. The third kappa shape index (κ3) is 3.20. The molecule has 4 nitrogen and oxygen atoms in total. The Morgan fingerprint density at radius 1 is 1.20 bits per heavy atom. The maximum atomic E-state index is 11.5. The van der Waals surface area contributed by atoms with Gasteiger partial charge in [0.2, 0.25) is 10.0 Å². The van der Waals surface area contributed by atoms with E-state index in [4.69, 9.17) is 5.14 Å². The van der Waals surface area contributed by atoms with Gasteiger partial charge in [-0.15, -0.1) is 11.3 Å². The Hall–Kier alpha value is -1.37. The van der Waals surface area contributed by atoms with Gasteiger partial charge < -0.3 is 5.32 Å². The summed E-state index contributed by atoms with van der Waals surface area (Å²) in [7, 11) is -3.69. The van der Waals surface area contributed by atoms with E-state index in [9.17, 15) is 8.42 Å². The quantitative estimate of drug-likeness (QED) is 0.911. The number of anilines is 1. The summed E-state index contributed by atoms with van der Waals surface area (Å²) >= 11 is 1.73. The first kappa shape index (κ1) is 15.0. The zero-order valence-electron chi connectivity index (χ0n) is 11.7. The summed E-state index contributed by atoms with van der Waals surface area (Å²) in [5, 5.41) is 8.56. The number of thiophene rings is 1. The van der Waals surface area contributed by atoms with Crippen LogP contribution in [0.5, 0.6) is 0 Å². The summed E-state index contributed by atoms with van der Waals surface area (Å²) in [6.07, 6.45) is 0. The molecule has 0 fully saturated rings. The van der Waals surface area contributed by atoms with Crippen molar-refractivity contribution in [1.29, 1.82) is 0 Å². The largest absolute Gasteiger partial charge is 0.377 e. The van der Waals surface area contributed by atoms with Gasteiger partial charge in [0.05, 0.1) is 10.9 Å². The standard InChI is InChI=1S/C14H18N2O2S2/c1-9-7-8-13(19-9)11(3)16-12-5-4-6-14(10(12)2)20(15,17)18/h4-8,11,16H,1-3H3,(H2,15,17,18). The Morgan fingerprint density at radius 2 is 1.90 bits per heavy atom. The van der Waals surface area contributed by atoms with Gasteiger partial charge in [-0.05, 0) is 50.6 Å². The number of primary sulfonamides is 1. The van der Waals surface area contributed by atoms with Crippen LogP contribution in [0.2, 0.25) is 0 Å². The van der Waals surface area contributed by atoms with Crippen LogP contribution in [0.3, 0.4) is 0 Å². The van der Waals surface area contributed by atoms with Crippen molar-refractivity contribution in [2.24, 2.45) is 5.14 Å². The van der Waals surface area contributed by atoms with Gasteiger partial charge in [0.25, 0.3) is 0 Å². The number of nitrogens with one attached hydrogen (secondary N) is 1. The first-order valence-electron chi connectivity index (χ1n) is 6.24. The van der Waals surface area contributed by atoms with Crippen molar-refractivity contribution in [3.8, 4) is 0 Å². The SMILES string of the molecule is Cc1ccc(C(C)Nc2cccc(S(N)(=O)=O)c2C)s1. The first-order chi connectivity index (χ1) is 9.29. The first-order valence-corrected chi connectivity index (χ1v) is 8.60. The van der Waals surface area contributed by atoms with Crippen LogP contribution in [0.15, 0.2) is 35.2 Å². The number of nitrogens with two attached hydrogens (primary N) is 1. The van der Waals surface area contributed by atoms with Crippen molar-refractivity contribution in [2.45, 2.75) is 31.7 Å². The van der Waals surface area contributed by atoms with Gasteiger partial charge >= 0.3 is 0 Å². The topological polar surface area (TPSA) is 72.2 Å². The summed E-state index contributed by atoms with van der Waals surface area (Å²) in [6.45, 7) is 5.87. The molecule has 0 amide bonds. The predicted octanol–water partition coefficient (Wildman–Crippen LogP) is 3.19. The molecular formula is C14H18N2O2S2. The zero-order valence-corrected chi connectivity index (χ0v) is 13.3. The van der Waals surface area contributed by atoms with Crippen molar-refractivity contribution < 1.29 is 8.42 Å². The molecule has 6 heteroatoms. The zero-order chi connectivity index (χ0) is 14.9. The molecule has 0 aliphatic rings. The van der Waals surface area contributed by atoms with Gasteiger partial charge in [0.1, 0.15) is 0 Å². The van der Waals surface area contributed by atoms with Gasteiger partial charge in [0, 0.05) is 15.4 Å². The molecule has 3 N–H and O–H groups in total. The molecule has 0 aliphatic heterocycles. The molecule has 1 unspecified atom stereocenters. The van der Waals surface area contributed by atoms with Crippen molar-refractivity contribution >= 4 is 27.0 Å². The smallest absolute Gasteiger partial charge is 0.238 e. The van der Waals surface area contributed by atoms with E-state index in [-0.39, 0.29) is 10.9 Å². The van der Waals surface area contributed by atoms with Gasteiger partial charge in [-0.3, -0.25) is 0 Å². The third-order valence-corrected chi connectivity index (χ3v) is 5.39. The van der Waals surface area contributed by atoms with E-state index >= 15 is 0 Å². The highest BCUT2D eigenvalue weighted by molar-refractivity contribution is 7.89. The van der Waals surface area contributed by atoms with E-state index in [1.54, 1.807) is 24.3 Å². The molecule has 1 aromatic heterocycles. The second-order valence-corrected chi connectivity index (χ2v) is 7.64. The van der Waals surface area contributed by atoms with Crippen LogP contribution in [-0.4, -0.2) is 8.42 Å². The van der Waals surface area contributed by atoms with E-state index in [0.717, 1.165) is 5.69 Å².